The minimum absolute atomic E-state index is 0.163. The SMILES string of the molecule is CC(NC(=O)NCc1cccs1)c1ccc(F)cc1. The number of halogens is 1. The molecule has 2 rings (SSSR count). The number of amides is 2. The maximum Gasteiger partial charge on any atom is 0.315 e. The molecule has 2 N–H and O–H groups in total. The van der Waals surface area contributed by atoms with Crippen molar-refractivity contribution in [1.29, 1.82) is 0 Å². The summed E-state index contributed by atoms with van der Waals surface area (Å²) in [6.45, 7) is 2.37. The van der Waals surface area contributed by atoms with E-state index in [1.54, 1.807) is 23.5 Å². The van der Waals surface area contributed by atoms with Gasteiger partial charge in [-0.15, -0.1) is 11.3 Å². The van der Waals surface area contributed by atoms with Gasteiger partial charge >= 0.3 is 6.03 Å². The predicted molar refractivity (Wildman–Crippen MR) is 74.5 cm³/mol. The molecule has 19 heavy (non-hydrogen) atoms. The van der Waals surface area contributed by atoms with Crippen LogP contribution in [0.5, 0.6) is 0 Å². The predicted octanol–water partition coefficient (Wildman–Crippen LogP) is 3.45. The summed E-state index contributed by atoms with van der Waals surface area (Å²) >= 11 is 1.60. The first-order valence-electron chi connectivity index (χ1n) is 5.97. The second kappa shape index (κ2) is 6.33. The van der Waals surface area contributed by atoms with Crippen LogP contribution >= 0.6 is 11.3 Å². The summed E-state index contributed by atoms with van der Waals surface area (Å²) in [5.41, 5.74) is 0.868. The summed E-state index contributed by atoms with van der Waals surface area (Å²) in [7, 11) is 0. The number of nitrogens with one attached hydrogen (secondary N) is 2. The minimum atomic E-state index is -0.280. The molecule has 0 bridgehead atoms. The van der Waals surface area contributed by atoms with Crippen molar-refractivity contribution in [1.82, 2.24) is 10.6 Å². The highest BCUT2D eigenvalue weighted by molar-refractivity contribution is 7.09. The average Bonchev–Trinajstić information content (AvgIpc) is 2.90. The Morgan fingerprint density at radius 1 is 1.32 bits per heavy atom. The minimum Gasteiger partial charge on any atom is -0.333 e. The van der Waals surface area contributed by atoms with Crippen LogP contribution in [0.1, 0.15) is 23.4 Å². The quantitative estimate of drug-likeness (QED) is 0.883. The Morgan fingerprint density at radius 3 is 2.68 bits per heavy atom. The number of hydrogen-bond donors (Lipinski definition) is 2. The lowest BCUT2D eigenvalue weighted by atomic mass is 10.1. The number of hydrogen-bond acceptors (Lipinski definition) is 2. The number of thiophene rings is 1. The third-order valence-corrected chi connectivity index (χ3v) is 3.60. The molecule has 1 atom stereocenters. The summed E-state index contributed by atoms with van der Waals surface area (Å²) in [4.78, 5) is 12.8. The van der Waals surface area contributed by atoms with Crippen LogP contribution in [0.3, 0.4) is 0 Å². The van der Waals surface area contributed by atoms with Gasteiger partial charge in [-0.25, -0.2) is 9.18 Å². The van der Waals surface area contributed by atoms with E-state index in [4.69, 9.17) is 0 Å². The van der Waals surface area contributed by atoms with Crippen molar-refractivity contribution in [2.24, 2.45) is 0 Å². The molecule has 0 saturated heterocycles. The summed E-state index contributed by atoms with van der Waals surface area (Å²) in [6, 6.07) is 9.62. The number of carbonyl (C=O) groups excluding carboxylic acids is 1. The topological polar surface area (TPSA) is 41.1 Å². The van der Waals surface area contributed by atoms with E-state index in [-0.39, 0.29) is 17.9 Å². The van der Waals surface area contributed by atoms with Gasteiger partial charge in [0, 0.05) is 4.88 Å². The fourth-order valence-corrected chi connectivity index (χ4v) is 2.31. The van der Waals surface area contributed by atoms with Gasteiger partial charge in [0.1, 0.15) is 5.82 Å². The molecule has 100 valence electrons. The molecule has 5 heteroatoms. The fourth-order valence-electron chi connectivity index (χ4n) is 1.66. The maximum atomic E-state index is 12.8. The molecule has 0 aliphatic heterocycles. The third kappa shape index (κ3) is 4.06. The van der Waals surface area contributed by atoms with Crippen molar-refractivity contribution in [3.05, 3.63) is 58.0 Å². The van der Waals surface area contributed by atoms with Gasteiger partial charge in [-0.1, -0.05) is 18.2 Å². The Bertz CT molecular complexity index is 525. The van der Waals surface area contributed by atoms with Crippen LogP contribution in [0.25, 0.3) is 0 Å². The van der Waals surface area contributed by atoms with Crippen molar-refractivity contribution in [2.75, 3.05) is 0 Å². The molecule has 0 fully saturated rings. The van der Waals surface area contributed by atoms with Crippen LogP contribution in [0.4, 0.5) is 9.18 Å². The van der Waals surface area contributed by atoms with E-state index < -0.39 is 0 Å². The molecular weight excluding hydrogens is 263 g/mol. The van der Waals surface area contributed by atoms with Crippen LogP contribution in [-0.4, -0.2) is 6.03 Å². The zero-order valence-electron chi connectivity index (χ0n) is 10.5. The zero-order chi connectivity index (χ0) is 13.7. The van der Waals surface area contributed by atoms with Crippen LogP contribution < -0.4 is 10.6 Å². The first kappa shape index (κ1) is 13.5. The van der Waals surface area contributed by atoms with Crippen molar-refractivity contribution in [3.63, 3.8) is 0 Å². The fraction of sp³-hybridized carbons (Fsp3) is 0.214. The smallest absolute Gasteiger partial charge is 0.315 e. The van der Waals surface area contributed by atoms with E-state index >= 15 is 0 Å². The second-order valence-electron chi connectivity index (χ2n) is 4.18. The summed E-state index contributed by atoms with van der Waals surface area (Å²) < 4.78 is 12.8. The Labute approximate surface area is 115 Å². The van der Waals surface area contributed by atoms with E-state index in [0.29, 0.717) is 6.54 Å². The molecule has 1 heterocycles. The van der Waals surface area contributed by atoms with Gasteiger partial charge in [0.25, 0.3) is 0 Å². The summed E-state index contributed by atoms with van der Waals surface area (Å²) in [5.74, 6) is -0.280. The van der Waals surface area contributed by atoms with Crippen LogP contribution in [0.15, 0.2) is 41.8 Å². The van der Waals surface area contributed by atoms with Crippen LogP contribution in [0.2, 0.25) is 0 Å². The summed E-state index contributed by atoms with van der Waals surface area (Å²) in [6.07, 6.45) is 0. The lowest BCUT2D eigenvalue weighted by Gasteiger charge is -2.14. The van der Waals surface area contributed by atoms with Crippen LogP contribution in [0, 0.1) is 5.82 Å². The highest BCUT2D eigenvalue weighted by atomic mass is 32.1. The lowest BCUT2D eigenvalue weighted by Crippen LogP contribution is -2.36. The van der Waals surface area contributed by atoms with Gasteiger partial charge in [0.05, 0.1) is 12.6 Å². The summed E-state index contributed by atoms with van der Waals surface area (Å²) in [5, 5.41) is 7.56. The van der Waals surface area contributed by atoms with E-state index in [1.165, 1.54) is 12.1 Å². The van der Waals surface area contributed by atoms with Crippen LogP contribution in [-0.2, 0) is 6.54 Å². The van der Waals surface area contributed by atoms with E-state index in [0.717, 1.165) is 10.4 Å². The zero-order valence-corrected chi connectivity index (χ0v) is 11.3. The van der Waals surface area contributed by atoms with Gasteiger partial charge in [0.15, 0.2) is 0 Å². The van der Waals surface area contributed by atoms with Crippen molar-refractivity contribution >= 4 is 17.4 Å². The first-order valence-corrected chi connectivity index (χ1v) is 6.85. The van der Waals surface area contributed by atoms with E-state index in [9.17, 15) is 9.18 Å². The molecule has 0 aliphatic carbocycles. The third-order valence-electron chi connectivity index (χ3n) is 2.72. The van der Waals surface area contributed by atoms with Crippen molar-refractivity contribution in [2.45, 2.75) is 19.5 Å². The normalized spacial score (nSPS) is 11.9. The number of urea groups is 1. The molecule has 0 saturated carbocycles. The number of rotatable bonds is 4. The molecule has 0 aliphatic rings. The lowest BCUT2D eigenvalue weighted by molar-refractivity contribution is 0.237. The van der Waals surface area contributed by atoms with E-state index in [2.05, 4.69) is 10.6 Å². The van der Waals surface area contributed by atoms with Gasteiger partial charge in [0.2, 0.25) is 0 Å². The molecular formula is C14H15FN2OS. The molecule has 0 spiro atoms. The Balaban J connectivity index is 1.83. The Morgan fingerprint density at radius 2 is 2.05 bits per heavy atom. The monoisotopic (exact) mass is 278 g/mol. The highest BCUT2D eigenvalue weighted by Gasteiger charge is 2.09. The second-order valence-corrected chi connectivity index (χ2v) is 5.21. The van der Waals surface area contributed by atoms with Gasteiger partial charge in [-0.2, -0.15) is 0 Å². The van der Waals surface area contributed by atoms with E-state index in [1.807, 2.05) is 24.4 Å². The molecule has 2 aromatic rings. The first-order chi connectivity index (χ1) is 9.15. The molecule has 1 aromatic heterocycles. The number of carbonyl (C=O) groups is 1. The molecule has 3 nitrogen and oxygen atoms in total. The standard InChI is InChI=1S/C14H15FN2OS/c1-10(11-4-6-12(15)7-5-11)17-14(18)16-9-13-3-2-8-19-13/h2-8,10H,9H2,1H3,(H2,16,17,18). The van der Waals surface area contributed by atoms with Gasteiger partial charge < -0.3 is 10.6 Å². The van der Waals surface area contributed by atoms with Crippen molar-refractivity contribution in [3.8, 4) is 0 Å². The highest BCUT2D eigenvalue weighted by Crippen LogP contribution is 2.12. The molecule has 1 aromatic carbocycles. The average molecular weight is 278 g/mol. The molecule has 0 radical (unpaired) electrons. The largest absolute Gasteiger partial charge is 0.333 e. The van der Waals surface area contributed by atoms with Gasteiger partial charge in [-0.3, -0.25) is 0 Å². The molecule has 2 amide bonds. The van der Waals surface area contributed by atoms with Crippen molar-refractivity contribution < 1.29 is 9.18 Å². The maximum absolute atomic E-state index is 12.8. The number of benzene rings is 1. The molecule has 1 unspecified atom stereocenters. The van der Waals surface area contributed by atoms with Gasteiger partial charge in [-0.05, 0) is 36.1 Å². The Hall–Kier alpha value is -1.88. The Kier molecular flexibility index (Phi) is 4.52.